The van der Waals surface area contributed by atoms with Crippen molar-refractivity contribution in [2.24, 2.45) is 4.99 Å². The summed E-state index contributed by atoms with van der Waals surface area (Å²) in [5.74, 6) is 0.626. The van der Waals surface area contributed by atoms with Gasteiger partial charge in [-0.2, -0.15) is 0 Å². The third-order valence-electron chi connectivity index (χ3n) is 4.13. The highest BCUT2D eigenvalue weighted by molar-refractivity contribution is 14.0. The van der Waals surface area contributed by atoms with Crippen molar-refractivity contribution in [1.82, 2.24) is 20.9 Å². The normalized spacial score (nSPS) is 15.2. The maximum atomic E-state index is 11.8. The van der Waals surface area contributed by atoms with E-state index in [0.717, 1.165) is 19.3 Å². The summed E-state index contributed by atoms with van der Waals surface area (Å²) in [6.45, 7) is 6.78. The fourth-order valence-corrected chi connectivity index (χ4v) is 2.68. The van der Waals surface area contributed by atoms with E-state index in [4.69, 9.17) is 4.74 Å². The maximum Gasteiger partial charge on any atom is 0.407 e. The van der Waals surface area contributed by atoms with Crippen LogP contribution in [0.25, 0.3) is 0 Å². The lowest BCUT2D eigenvalue weighted by Gasteiger charge is -2.25. The molecule has 0 radical (unpaired) electrons. The summed E-state index contributed by atoms with van der Waals surface area (Å²) < 4.78 is 5.20. The molecular weight excluding hydrogens is 473 g/mol. The summed E-state index contributed by atoms with van der Waals surface area (Å²) in [5, 5.41) is 9.43. The highest BCUT2D eigenvalue weighted by Gasteiger charge is 2.16. The van der Waals surface area contributed by atoms with Crippen molar-refractivity contribution in [2.75, 3.05) is 33.7 Å². The molecule has 0 aliphatic heterocycles. The molecule has 0 aromatic heterocycles. The molecule has 0 unspecified atom stereocenters. The van der Waals surface area contributed by atoms with Gasteiger partial charge in [0.05, 0.1) is 0 Å². The van der Waals surface area contributed by atoms with Crippen molar-refractivity contribution >= 4 is 41.9 Å². The molecular formula is C19H38IN5O3. The van der Waals surface area contributed by atoms with Crippen LogP contribution >= 0.6 is 24.0 Å². The molecule has 1 fully saturated rings. The molecule has 0 spiro atoms. The zero-order valence-electron chi connectivity index (χ0n) is 18.0. The summed E-state index contributed by atoms with van der Waals surface area (Å²) in [6.07, 6.45) is 6.31. The van der Waals surface area contributed by atoms with E-state index < -0.39 is 11.7 Å². The Bertz CT molecular complexity index is 500. The Hall–Kier alpha value is -1.26. The number of carbonyl (C=O) groups is 2. The van der Waals surface area contributed by atoms with E-state index in [1.54, 1.807) is 14.1 Å². The molecule has 1 rings (SSSR count). The Morgan fingerprint density at radius 2 is 1.68 bits per heavy atom. The largest absolute Gasteiger partial charge is 0.444 e. The maximum absolute atomic E-state index is 11.8. The van der Waals surface area contributed by atoms with E-state index in [0.29, 0.717) is 25.1 Å². The van der Waals surface area contributed by atoms with Crippen LogP contribution < -0.4 is 16.0 Å². The third kappa shape index (κ3) is 13.0. The van der Waals surface area contributed by atoms with E-state index in [1.165, 1.54) is 24.2 Å². The number of guanidine groups is 1. The van der Waals surface area contributed by atoms with Gasteiger partial charge in [-0.3, -0.25) is 4.79 Å². The fraction of sp³-hybridized carbons (Fsp3) is 0.842. The predicted molar refractivity (Wildman–Crippen MR) is 123 cm³/mol. The number of rotatable bonds is 7. The third-order valence-corrected chi connectivity index (χ3v) is 4.13. The smallest absolute Gasteiger partial charge is 0.407 e. The van der Waals surface area contributed by atoms with Gasteiger partial charge in [0.15, 0.2) is 5.96 Å². The molecule has 0 bridgehead atoms. The minimum Gasteiger partial charge on any atom is -0.444 e. The number of carbonyl (C=O) groups excluding carboxylic acids is 2. The van der Waals surface area contributed by atoms with Crippen LogP contribution in [0.15, 0.2) is 4.99 Å². The second-order valence-electron chi connectivity index (χ2n) is 8.14. The van der Waals surface area contributed by atoms with E-state index in [-0.39, 0.29) is 36.4 Å². The Balaban J connectivity index is 0.00000729. The lowest BCUT2D eigenvalue weighted by molar-refractivity contribution is -0.127. The van der Waals surface area contributed by atoms with E-state index in [2.05, 4.69) is 20.9 Å². The average Bonchev–Trinajstić information content (AvgIpc) is 2.58. The van der Waals surface area contributed by atoms with Gasteiger partial charge in [-0.05, 0) is 40.0 Å². The Morgan fingerprint density at radius 1 is 1.07 bits per heavy atom. The number of hydrogen-bond donors (Lipinski definition) is 3. The molecule has 1 aliphatic carbocycles. The SMILES string of the molecule is CN(C)C(=O)CN=C(NCCCNC(=O)OC(C)(C)C)NC1CCCCC1.I. The van der Waals surface area contributed by atoms with Crippen molar-refractivity contribution in [1.29, 1.82) is 0 Å². The summed E-state index contributed by atoms with van der Waals surface area (Å²) in [4.78, 5) is 29.4. The topological polar surface area (TPSA) is 95.1 Å². The zero-order valence-corrected chi connectivity index (χ0v) is 20.3. The van der Waals surface area contributed by atoms with Crippen LogP contribution in [-0.2, 0) is 9.53 Å². The van der Waals surface area contributed by atoms with Crippen LogP contribution in [0.4, 0.5) is 4.79 Å². The monoisotopic (exact) mass is 511 g/mol. The molecule has 3 N–H and O–H groups in total. The van der Waals surface area contributed by atoms with Crippen molar-refractivity contribution < 1.29 is 14.3 Å². The highest BCUT2D eigenvalue weighted by atomic mass is 127. The molecule has 8 nitrogen and oxygen atoms in total. The van der Waals surface area contributed by atoms with Gasteiger partial charge in [0.25, 0.3) is 0 Å². The van der Waals surface area contributed by atoms with Gasteiger partial charge >= 0.3 is 6.09 Å². The summed E-state index contributed by atoms with van der Waals surface area (Å²) >= 11 is 0. The van der Waals surface area contributed by atoms with E-state index in [9.17, 15) is 9.59 Å². The number of halogens is 1. The number of amides is 2. The highest BCUT2D eigenvalue weighted by Crippen LogP contribution is 2.17. The minimum absolute atomic E-state index is 0. The molecule has 2 amide bonds. The predicted octanol–water partition coefficient (Wildman–Crippen LogP) is 2.48. The van der Waals surface area contributed by atoms with Crippen LogP contribution in [0.1, 0.15) is 59.3 Å². The number of nitrogens with zero attached hydrogens (tertiary/aromatic N) is 2. The Kier molecular flexibility index (Phi) is 13.2. The summed E-state index contributed by atoms with van der Waals surface area (Å²) in [7, 11) is 3.45. The van der Waals surface area contributed by atoms with Gasteiger partial charge < -0.3 is 25.6 Å². The molecule has 0 aromatic carbocycles. The lowest BCUT2D eigenvalue weighted by atomic mass is 9.96. The lowest BCUT2D eigenvalue weighted by Crippen LogP contribution is -2.45. The first-order valence-corrected chi connectivity index (χ1v) is 9.89. The molecule has 0 aromatic rings. The standard InChI is InChI=1S/C19H37N5O3.HI/c1-19(2,3)27-18(26)21-13-9-12-20-17(22-14-16(25)24(4)5)23-15-10-7-6-8-11-15;/h15H,6-14H2,1-5H3,(H,21,26)(H2,20,22,23);1H. The first-order chi connectivity index (χ1) is 12.7. The van der Waals surface area contributed by atoms with Gasteiger partial charge in [-0.1, -0.05) is 19.3 Å². The molecule has 9 heteroatoms. The van der Waals surface area contributed by atoms with E-state index >= 15 is 0 Å². The molecule has 1 saturated carbocycles. The van der Waals surface area contributed by atoms with Gasteiger partial charge in [0.2, 0.25) is 5.91 Å². The van der Waals surface area contributed by atoms with Gasteiger partial charge in [-0.25, -0.2) is 9.79 Å². The molecule has 0 heterocycles. The molecule has 28 heavy (non-hydrogen) atoms. The minimum atomic E-state index is -0.495. The van der Waals surface area contributed by atoms with Crippen LogP contribution in [0.5, 0.6) is 0 Å². The van der Waals surface area contributed by atoms with E-state index in [1.807, 2.05) is 20.8 Å². The van der Waals surface area contributed by atoms with Crippen LogP contribution in [0, 0.1) is 0 Å². The van der Waals surface area contributed by atoms with Crippen molar-refractivity contribution in [3.05, 3.63) is 0 Å². The molecule has 164 valence electrons. The first-order valence-electron chi connectivity index (χ1n) is 9.89. The second kappa shape index (κ2) is 13.8. The van der Waals surface area contributed by atoms with Gasteiger partial charge in [0, 0.05) is 33.2 Å². The van der Waals surface area contributed by atoms with Crippen LogP contribution in [0.2, 0.25) is 0 Å². The van der Waals surface area contributed by atoms with Crippen molar-refractivity contribution in [3.63, 3.8) is 0 Å². The second-order valence-corrected chi connectivity index (χ2v) is 8.14. The average molecular weight is 511 g/mol. The molecule has 1 aliphatic rings. The zero-order chi connectivity index (χ0) is 20.3. The number of likely N-dealkylation sites (N-methyl/N-ethyl adjacent to an activating group) is 1. The number of nitrogens with one attached hydrogen (secondary N) is 3. The number of alkyl carbamates (subject to hydrolysis) is 1. The van der Waals surface area contributed by atoms with Gasteiger partial charge in [0.1, 0.15) is 12.1 Å². The quantitative estimate of drug-likeness (QED) is 0.211. The summed E-state index contributed by atoms with van der Waals surface area (Å²) in [5.41, 5.74) is -0.495. The fourth-order valence-electron chi connectivity index (χ4n) is 2.68. The Labute approximate surface area is 186 Å². The number of ether oxygens (including phenoxy) is 1. The molecule has 0 atom stereocenters. The van der Waals surface area contributed by atoms with Crippen molar-refractivity contribution in [2.45, 2.75) is 70.9 Å². The van der Waals surface area contributed by atoms with Crippen LogP contribution in [-0.4, -0.2) is 68.2 Å². The van der Waals surface area contributed by atoms with Gasteiger partial charge in [-0.15, -0.1) is 24.0 Å². The summed E-state index contributed by atoms with van der Waals surface area (Å²) in [6, 6.07) is 0.402. The number of hydrogen-bond acceptors (Lipinski definition) is 4. The number of aliphatic imine (C=N–C) groups is 1. The molecule has 0 saturated heterocycles. The van der Waals surface area contributed by atoms with Crippen molar-refractivity contribution in [3.8, 4) is 0 Å². The van der Waals surface area contributed by atoms with Crippen LogP contribution in [0.3, 0.4) is 0 Å². The Morgan fingerprint density at radius 3 is 2.25 bits per heavy atom. The first kappa shape index (κ1) is 26.7.